The number of nitrogens with two attached hydrogens (primary N) is 1. The number of amides is 1. The number of aliphatic imine (C=N–C) groups is 1. The number of halogens is 5. The predicted octanol–water partition coefficient (Wildman–Crippen LogP) is 4.25. The molecule has 1 aliphatic heterocycles. The number of rotatable bonds is 3. The summed E-state index contributed by atoms with van der Waals surface area (Å²) in [5, 5.41) is 3.93. The van der Waals surface area contributed by atoms with E-state index in [0.717, 1.165) is 23.1 Å². The summed E-state index contributed by atoms with van der Waals surface area (Å²) < 4.78 is 56.5. The molecule has 12 heteroatoms. The smallest absolute Gasteiger partial charge is 0.406 e. The van der Waals surface area contributed by atoms with Crippen LogP contribution >= 0.6 is 15.9 Å². The lowest BCUT2D eigenvalue weighted by atomic mass is 9.83. The molecule has 1 unspecified atom stereocenters. The van der Waals surface area contributed by atoms with Gasteiger partial charge in [-0.05, 0) is 63.8 Å². The van der Waals surface area contributed by atoms with Crippen molar-refractivity contribution >= 4 is 27.8 Å². The van der Waals surface area contributed by atoms with Gasteiger partial charge in [0.1, 0.15) is 11.6 Å². The molecule has 0 saturated carbocycles. The van der Waals surface area contributed by atoms with E-state index < -0.39 is 29.4 Å². The molecule has 0 spiro atoms. The zero-order valence-corrected chi connectivity index (χ0v) is 19.9. The second-order valence-electron chi connectivity index (χ2n) is 7.44. The van der Waals surface area contributed by atoms with E-state index in [9.17, 15) is 22.4 Å². The van der Waals surface area contributed by atoms with Gasteiger partial charge >= 0.3 is 6.36 Å². The maximum absolute atomic E-state index is 13.6. The minimum atomic E-state index is -4.84. The zero-order valence-electron chi connectivity index (χ0n) is 18.3. The first-order valence-corrected chi connectivity index (χ1v) is 10.5. The highest BCUT2D eigenvalue weighted by molar-refractivity contribution is 9.10. The van der Waals surface area contributed by atoms with Gasteiger partial charge < -0.3 is 10.5 Å². The van der Waals surface area contributed by atoms with Crippen LogP contribution in [0.1, 0.15) is 16.7 Å². The lowest BCUT2D eigenvalue weighted by Gasteiger charge is -2.26. The van der Waals surface area contributed by atoms with Crippen LogP contribution in [0.25, 0.3) is 0 Å². The predicted molar refractivity (Wildman–Crippen MR) is 120 cm³/mol. The van der Waals surface area contributed by atoms with Crippen LogP contribution in [0.4, 0.5) is 17.6 Å². The molecule has 0 aliphatic carbocycles. The number of alkyl halides is 3. The van der Waals surface area contributed by atoms with E-state index in [-0.39, 0.29) is 16.0 Å². The van der Waals surface area contributed by atoms with Gasteiger partial charge in [0.05, 0.1) is 10.7 Å². The average Bonchev–Trinajstić information content (AvgIpc) is 3.24. The quantitative estimate of drug-likeness (QED) is 0.502. The normalized spacial score (nSPS) is 17.8. The fraction of sp³-hybridized carbons (Fsp3) is 0.227. The molecule has 2 aromatic carbocycles. The summed E-state index contributed by atoms with van der Waals surface area (Å²) >= 11 is 3.06. The maximum atomic E-state index is 13.6. The van der Waals surface area contributed by atoms with Crippen molar-refractivity contribution in [1.29, 1.82) is 0 Å². The van der Waals surface area contributed by atoms with Crippen LogP contribution < -0.4 is 10.5 Å². The van der Waals surface area contributed by atoms with Gasteiger partial charge in [-0.1, -0.05) is 18.2 Å². The van der Waals surface area contributed by atoms with E-state index in [1.54, 1.807) is 4.68 Å². The van der Waals surface area contributed by atoms with Crippen LogP contribution in [0.5, 0.6) is 5.75 Å². The summed E-state index contributed by atoms with van der Waals surface area (Å²) in [5.74, 6) is -1.59. The number of benzene rings is 2. The summed E-state index contributed by atoms with van der Waals surface area (Å²) in [6, 6.07) is 8.61. The molecule has 0 fully saturated rings. The Morgan fingerprint density at radius 3 is 2.12 bits per heavy atom. The first-order chi connectivity index (χ1) is 15.8. The van der Waals surface area contributed by atoms with E-state index in [4.69, 9.17) is 5.73 Å². The molecule has 180 valence electrons. The van der Waals surface area contributed by atoms with Crippen LogP contribution in [0.3, 0.4) is 0 Å². The minimum Gasteiger partial charge on any atom is -0.406 e. The van der Waals surface area contributed by atoms with E-state index >= 15 is 0 Å². The van der Waals surface area contributed by atoms with Gasteiger partial charge in [0.25, 0.3) is 5.91 Å². The Balaban J connectivity index is 0.000000396. The van der Waals surface area contributed by atoms with Crippen molar-refractivity contribution < 1.29 is 27.1 Å². The van der Waals surface area contributed by atoms with Gasteiger partial charge in [-0.2, -0.15) is 5.10 Å². The number of aromatic nitrogens is 2. The standard InChI is InChI=1S/C17H12BrF4N3O2.C5H8N2/c1-25-14(26)16(24-15(25)23,10-4-7-13(19)12(18)8-10)9-2-5-11(6-3-9)27-17(20,21)22;1-5-3-6-7(2)4-5/h2-8H,1H3,(H2,23,24);3-4H,1-2H3. The first kappa shape index (κ1) is 25.2. The van der Waals surface area contributed by atoms with E-state index in [0.29, 0.717) is 5.56 Å². The van der Waals surface area contributed by atoms with Gasteiger partial charge in [-0.25, -0.2) is 9.38 Å². The number of hydrogen-bond acceptors (Lipinski definition) is 5. The first-order valence-electron chi connectivity index (χ1n) is 9.74. The number of hydrogen-bond donors (Lipinski definition) is 1. The van der Waals surface area contributed by atoms with E-state index in [2.05, 4.69) is 30.8 Å². The Bertz CT molecular complexity index is 1210. The van der Waals surface area contributed by atoms with Crippen LogP contribution in [0.2, 0.25) is 0 Å². The summed E-state index contributed by atoms with van der Waals surface area (Å²) in [5.41, 5.74) is 5.92. The molecule has 4 rings (SSSR count). The van der Waals surface area contributed by atoms with E-state index in [1.165, 1.54) is 36.9 Å². The van der Waals surface area contributed by atoms with Crippen LogP contribution in [0.15, 0.2) is 64.3 Å². The van der Waals surface area contributed by atoms with Gasteiger partial charge in [-0.3, -0.25) is 14.4 Å². The highest BCUT2D eigenvalue weighted by Gasteiger charge is 2.49. The van der Waals surface area contributed by atoms with Crippen molar-refractivity contribution in [3.05, 3.63) is 81.8 Å². The summed E-state index contributed by atoms with van der Waals surface area (Å²) in [6.45, 7) is 2.02. The molecule has 7 nitrogen and oxygen atoms in total. The Labute approximate surface area is 201 Å². The number of aryl methyl sites for hydroxylation is 2. The lowest BCUT2D eigenvalue weighted by molar-refractivity contribution is -0.274. The molecule has 0 radical (unpaired) electrons. The fourth-order valence-electron chi connectivity index (χ4n) is 3.35. The van der Waals surface area contributed by atoms with Crippen molar-refractivity contribution in [1.82, 2.24) is 14.7 Å². The summed E-state index contributed by atoms with van der Waals surface area (Å²) in [4.78, 5) is 18.3. The largest absolute Gasteiger partial charge is 0.573 e. The lowest BCUT2D eigenvalue weighted by Crippen LogP contribution is -2.41. The highest BCUT2D eigenvalue weighted by Crippen LogP contribution is 2.41. The molecule has 0 saturated heterocycles. The summed E-state index contributed by atoms with van der Waals surface area (Å²) in [7, 11) is 3.33. The number of likely N-dealkylation sites (N-methyl/N-ethyl adjacent to an activating group) is 1. The molecule has 34 heavy (non-hydrogen) atoms. The van der Waals surface area contributed by atoms with Crippen molar-refractivity contribution in [3.8, 4) is 5.75 Å². The highest BCUT2D eigenvalue weighted by atomic mass is 79.9. The number of guanidine groups is 1. The second-order valence-corrected chi connectivity index (χ2v) is 8.29. The second kappa shape index (κ2) is 9.45. The maximum Gasteiger partial charge on any atom is 0.573 e. The monoisotopic (exact) mass is 541 g/mol. The molecule has 1 aliphatic rings. The van der Waals surface area contributed by atoms with Gasteiger partial charge in [0.15, 0.2) is 11.5 Å². The van der Waals surface area contributed by atoms with Crippen LogP contribution in [0, 0.1) is 12.7 Å². The van der Waals surface area contributed by atoms with Gasteiger partial charge in [0.2, 0.25) is 0 Å². The Kier molecular flexibility index (Phi) is 7.01. The zero-order chi connectivity index (χ0) is 25.3. The van der Waals surface area contributed by atoms with Gasteiger partial charge in [-0.15, -0.1) is 13.2 Å². The van der Waals surface area contributed by atoms with Crippen LogP contribution in [-0.4, -0.2) is 40.0 Å². The molecule has 2 heterocycles. The average molecular weight is 542 g/mol. The van der Waals surface area contributed by atoms with Crippen molar-refractivity contribution in [2.75, 3.05) is 7.05 Å². The van der Waals surface area contributed by atoms with E-state index in [1.807, 2.05) is 26.4 Å². The molecule has 1 amide bonds. The fourth-order valence-corrected chi connectivity index (χ4v) is 3.73. The molecular formula is C22H20BrF4N5O2. The Morgan fingerprint density at radius 1 is 1.09 bits per heavy atom. The van der Waals surface area contributed by atoms with Crippen molar-refractivity contribution in [2.24, 2.45) is 17.8 Å². The number of ether oxygens (including phenoxy) is 1. The molecule has 1 atom stereocenters. The minimum absolute atomic E-state index is 0.0731. The Hall–Kier alpha value is -3.41. The van der Waals surface area contributed by atoms with Gasteiger partial charge in [0, 0.05) is 20.3 Å². The summed E-state index contributed by atoms with van der Waals surface area (Å²) in [6.07, 6.45) is -1.03. The van der Waals surface area contributed by atoms with Crippen molar-refractivity contribution in [3.63, 3.8) is 0 Å². The topological polar surface area (TPSA) is 85.7 Å². The number of carbonyl (C=O) groups is 1. The number of carbonyl (C=O) groups excluding carboxylic acids is 1. The molecule has 1 aromatic heterocycles. The van der Waals surface area contributed by atoms with Crippen LogP contribution in [-0.2, 0) is 17.4 Å². The third-order valence-corrected chi connectivity index (χ3v) is 5.52. The Morgan fingerprint density at radius 2 is 1.71 bits per heavy atom. The third kappa shape index (κ3) is 5.22. The molecule has 3 aromatic rings. The molecule has 0 bridgehead atoms. The van der Waals surface area contributed by atoms with Crippen molar-refractivity contribution in [2.45, 2.75) is 18.8 Å². The molecule has 2 N–H and O–H groups in total. The third-order valence-electron chi connectivity index (χ3n) is 4.92. The SMILES string of the molecule is CN1C(=O)C(c2ccc(OC(F)(F)F)cc2)(c2ccc(F)c(Br)c2)N=C1N.Cc1cnn(C)c1. The molecular weight excluding hydrogens is 522 g/mol. The number of nitrogens with zero attached hydrogens (tertiary/aromatic N) is 4.